The van der Waals surface area contributed by atoms with Crippen LogP contribution in [0.1, 0.15) is 43.7 Å². The van der Waals surface area contributed by atoms with Crippen LogP contribution in [0.2, 0.25) is 0 Å². The standard InChI is InChI=1S/C20H30F2N4O2/c1-3-23-20(25-11-5-10-24-18(27)15-6-4-7-15)26-13-16-12-14(2)8-9-17(16)28-19(21)22/h8-9,12,15,19H,3-7,10-11,13H2,1-2H3,(H,24,27)(H2,23,25,26). The van der Waals surface area contributed by atoms with Gasteiger partial charge in [-0.15, -0.1) is 0 Å². The van der Waals surface area contributed by atoms with Crippen LogP contribution < -0.4 is 20.7 Å². The molecule has 0 spiro atoms. The second-order valence-electron chi connectivity index (χ2n) is 6.88. The topological polar surface area (TPSA) is 74.8 Å². The lowest BCUT2D eigenvalue weighted by Crippen LogP contribution is -2.39. The molecule has 6 nitrogen and oxygen atoms in total. The van der Waals surface area contributed by atoms with Crippen LogP contribution in [0.4, 0.5) is 8.78 Å². The van der Waals surface area contributed by atoms with Crippen LogP contribution in [0.3, 0.4) is 0 Å². The van der Waals surface area contributed by atoms with Crippen molar-refractivity contribution in [2.75, 3.05) is 19.6 Å². The molecule has 8 heteroatoms. The molecule has 2 rings (SSSR count). The Bertz CT molecular complexity index is 664. The molecule has 0 radical (unpaired) electrons. The van der Waals surface area contributed by atoms with Crippen molar-refractivity contribution in [2.45, 2.75) is 52.7 Å². The lowest BCUT2D eigenvalue weighted by Gasteiger charge is -2.24. The normalized spacial score (nSPS) is 14.5. The summed E-state index contributed by atoms with van der Waals surface area (Å²) in [5, 5.41) is 9.28. The van der Waals surface area contributed by atoms with Crippen LogP contribution in [0, 0.1) is 12.8 Å². The summed E-state index contributed by atoms with van der Waals surface area (Å²) in [6.07, 6.45) is 3.91. The molecule has 0 heterocycles. The van der Waals surface area contributed by atoms with E-state index in [1.165, 1.54) is 6.07 Å². The number of hydrogen-bond acceptors (Lipinski definition) is 3. The zero-order valence-electron chi connectivity index (χ0n) is 16.6. The zero-order chi connectivity index (χ0) is 20.4. The Balaban J connectivity index is 1.82. The predicted molar refractivity (Wildman–Crippen MR) is 106 cm³/mol. The third-order valence-electron chi connectivity index (χ3n) is 4.60. The van der Waals surface area contributed by atoms with E-state index in [2.05, 4.69) is 25.7 Å². The molecule has 1 aromatic rings. The van der Waals surface area contributed by atoms with E-state index in [0.717, 1.165) is 31.2 Å². The molecular formula is C20H30F2N4O2. The lowest BCUT2D eigenvalue weighted by atomic mass is 9.85. The maximum Gasteiger partial charge on any atom is 0.387 e. The van der Waals surface area contributed by atoms with E-state index >= 15 is 0 Å². The summed E-state index contributed by atoms with van der Waals surface area (Å²) < 4.78 is 29.7. The quantitative estimate of drug-likeness (QED) is 0.323. The number of amides is 1. The average molecular weight is 396 g/mol. The van der Waals surface area contributed by atoms with Crippen molar-refractivity contribution in [1.82, 2.24) is 16.0 Å². The molecule has 0 bridgehead atoms. The van der Waals surface area contributed by atoms with Gasteiger partial charge in [0.1, 0.15) is 5.75 Å². The number of guanidine groups is 1. The maximum atomic E-state index is 12.6. The summed E-state index contributed by atoms with van der Waals surface area (Å²) in [5.74, 6) is 1.08. The van der Waals surface area contributed by atoms with Crippen LogP contribution in [0.5, 0.6) is 5.75 Å². The third kappa shape index (κ3) is 7.32. The number of nitrogens with one attached hydrogen (secondary N) is 3. The van der Waals surface area contributed by atoms with Crippen LogP contribution in [0.25, 0.3) is 0 Å². The molecule has 1 saturated carbocycles. The second kappa shape index (κ2) is 11.5. The van der Waals surface area contributed by atoms with Gasteiger partial charge in [-0.05, 0) is 39.2 Å². The number of halogens is 2. The Morgan fingerprint density at radius 3 is 2.64 bits per heavy atom. The van der Waals surface area contributed by atoms with Crippen LogP contribution in [0.15, 0.2) is 23.2 Å². The minimum absolute atomic E-state index is 0.138. The molecule has 1 aromatic carbocycles. The van der Waals surface area contributed by atoms with Crippen LogP contribution in [-0.4, -0.2) is 38.1 Å². The SMILES string of the molecule is CCNC(=NCc1cc(C)ccc1OC(F)F)NCCCNC(=O)C1CCC1. The second-order valence-corrected chi connectivity index (χ2v) is 6.88. The van der Waals surface area contributed by atoms with Gasteiger partial charge in [-0.1, -0.05) is 24.1 Å². The van der Waals surface area contributed by atoms with Gasteiger partial charge in [0, 0.05) is 31.1 Å². The number of hydrogen-bond donors (Lipinski definition) is 3. The van der Waals surface area contributed by atoms with Gasteiger partial charge in [0.05, 0.1) is 6.54 Å². The highest BCUT2D eigenvalue weighted by Gasteiger charge is 2.24. The van der Waals surface area contributed by atoms with E-state index in [0.29, 0.717) is 31.2 Å². The summed E-state index contributed by atoms with van der Waals surface area (Å²) in [6.45, 7) is 3.13. The van der Waals surface area contributed by atoms with Gasteiger partial charge >= 0.3 is 6.61 Å². The fourth-order valence-electron chi connectivity index (χ4n) is 2.87. The molecule has 1 fully saturated rings. The number of ether oxygens (including phenoxy) is 1. The fraction of sp³-hybridized carbons (Fsp3) is 0.600. The molecule has 0 saturated heterocycles. The van der Waals surface area contributed by atoms with Crippen molar-refractivity contribution in [3.8, 4) is 5.75 Å². The molecule has 1 aliphatic rings. The lowest BCUT2D eigenvalue weighted by molar-refractivity contribution is -0.127. The summed E-state index contributed by atoms with van der Waals surface area (Å²) in [6, 6.07) is 5.06. The van der Waals surface area contributed by atoms with E-state index in [-0.39, 0.29) is 24.1 Å². The van der Waals surface area contributed by atoms with Gasteiger partial charge in [-0.25, -0.2) is 4.99 Å². The monoisotopic (exact) mass is 396 g/mol. The predicted octanol–water partition coefficient (Wildman–Crippen LogP) is 2.96. The van der Waals surface area contributed by atoms with Crippen LogP contribution >= 0.6 is 0 Å². The largest absolute Gasteiger partial charge is 0.434 e. The number of nitrogens with zero attached hydrogens (tertiary/aromatic N) is 1. The van der Waals surface area contributed by atoms with Crippen molar-refractivity contribution in [3.63, 3.8) is 0 Å². The Morgan fingerprint density at radius 1 is 1.25 bits per heavy atom. The number of carbonyl (C=O) groups is 1. The molecule has 0 unspecified atom stereocenters. The number of alkyl halides is 2. The smallest absolute Gasteiger partial charge is 0.387 e. The molecule has 1 aliphatic carbocycles. The van der Waals surface area contributed by atoms with Gasteiger partial charge in [0.2, 0.25) is 5.91 Å². The van der Waals surface area contributed by atoms with E-state index in [9.17, 15) is 13.6 Å². The first-order valence-corrected chi connectivity index (χ1v) is 9.83. The Morgan fingerprint density at radius 2 is 2.00 bits per heavy atom. The highest BCUT2D eigenvalue weighted by molar-refractivity contribution is 5.80. The highest BCUT2D eigenvalue weighted by Crippen LogP contribution is 2.26. The van der Waals surface area contributed by atoms with Gasteiger partial charge in [-0.2, -0.15) is 8.78 Å². The summed E-state index contributed by atoms with van der Waals surface area (Å²) in [5.41, 5.74) is 1.55. The molecule has 156 valence electrons. The Hall–Kier alpha value is -2.38. The average Bonchev–Trinajstić information content (AvgIpc) is 2.59. The zero-order valence-corrected chi connectivity index (χ0v) is 16.6. The van der Waals surface area contributed by atoms with Crippen molar-refractivity contribution < 1.29 is 18.3 Å². The number of carbonyl (C=O) groups excluding carboxylic acids is 1. The van der Waals surface area contributed by atoms with Gasteiger partial charge < -0.3 is 20.7 Å². The van der Waals surface area contributed by atoms with E-state index in [1.54, 1.807) is 12.1 Å². The number of benzene rings is 1. The van der Waals surface area contributed by atoms with Crippen molar-refractivity contribution in [1.29, 1.82) is 0 Å². The summed E-state index contributed by atoms with van der Waals surface area (Å²) in [7, 11) is 0. The first-order valence-electron chi connectivity index (χ1n) is 9.83. The molecule has 28 heavy (non-hydrogen) atoms. The van der Waals surface area contributed by atoms with E-state index in [1.807, 2.05) is 13.8 Å². The number of rotatable bonds is 10. The number of aryl methyl sites for hydroxylation is 1. The number of aliphatic imine (C=N–C) groups is 1. The minimum atomic E-state index is -2.87. The third-order valence-corrected chi connectivity index (χ3v) is 4.60. The molecule has 0 aliphatic heterocycles. The highest BCUT2D eigenvalue weighted by atomic mass is 19.3. The first-order chi connectivity index (χ1) is 13.5. The minimum Gasteiger partial charge on any atom is -0.434 e. The van der Waals surface area contributed by atoms with Gasteiger partial charge in [-0.3, -0.25) is 4.79 Å². The maximum absolute atomic E-state index is 12.6. The molecule has 3 N–H and O–H groups in total. The van der Waals surface area contributed by atoms with Crippen molar-refractivity contribution in [3.05, 3.63) is 29.3 Å². The Labute approximate surface area is 165 Å². The van der Waals surface area contributed by atoms with Crippen LogP contribution in [-0.2, 0) is 11.3 Å². The van der Waals surface area contributed by atoms with Crippen molar-refractivity contribution >= 4 is 11.9 Å². The first kappa shape index (κ1) is 21.9. The molecule has 1 amide bonds. The summed E-state index contributed by atoms with van der Waals surface area (Å²) in [4.78, 5) is 16.2. The fourth-order valence-corrected chi connectivity index (χ4v) is 2.87. The molecular weight excluding hydrogens is 366 g/mol. The van der Waals surface area contributed by atoms with Gasteiger partial charge in [0.25, 0.3) is 0 Å². The molecule has 0 atom stereocenters. The summed E-state index contributed by atoms with van der Waals surface area (Å²) >= 11 is 0. The van der Waals surface area contributed by atoms with E-state index < -0.39 is 6.61 Å². The van der Waals surface area contributed by atoms with Crippen molar-refractivity contribution in [2.24, 2.45) is 10.9 Å². The van der Waals surface area contributed by atoms with E-state index in [4.69, 9.17) is 0 Å². The Kier molecular flexibility index (Phi) is 8.97. The van der Waals surface area contributed by atoms with Gasteiger partial charge in [0.15, 0.2) is 5.96 Å². The molecule has 0 aromatic heterocycles.